The molecule has 0 bridgehead atoms. The van der Waals surface area contributed by atoms with Crippen LogP contribution in [0.25, 0.3) is 0 Å². The molecule has 9 heteroatoms. The molecule has 1 atom stereocenters. The number of carboxylic acids is 1. The lowest BCUT2D eigenvalue weighted by molar-refractivity contribution is -0.226. The summed E-state index contributed by atoms with van der Waals surface area (Å²) in [4.78, 5) is 25.6. The Morgan fingerprint density at radius 2 is 2.00 bits per heavy atom. The van der Waals surface area contributed by atoms with Crippen LogP contribution < -0.4 is 5.32 Å². The molecule has 0 saturated carbocycles. The molecule has 1 rings (SSSR count). The van der Waals surface area contributed by atoms with E-state index in [2.05, 4.69) is 5.32 Å². The van der Waals surface area contributed by atoms with E-state index in [4.69, 9.17) is 5.11 Å². The Morgan fingerprint density at radius 1 is 1.38 bits per heavy atom. The average molecular weight is 311 g/mol. The van der Waals surface area contributed by atoms with Crippen LogP contribution >= 0.6 is 0 Å². The van der Waals surface area contributed by atoms with E-state index in [1.54, 1.807) is 0 Å². The molecule has 0 spiro atoms. The van der Waals surface area contributed by atoms with E-state index < -0.39 is 36.6 Å². The van der Waals surface area contributed by atoms with Gasteiger partial charge in [0.25, 0.3) is 0 Å². The summed E-state index contributed by atoms with van der Waals surface area (Å²) < 4.78 is 38.9. The number of hydrogen-bond acceptors (Lipinski definition) is 3. The van der Waals surface area contributed by atoms with Gasteiger partial charge >= 0.3 is 18.2 Å². The predicted octanol–water partition coefficient (Wildman–Crippen LogP) is 0.987. The number of rotatable bonds is 5. The lowest BCUT2D eigenvalue weighted by Crippen LogP contribution is -2.49. The number of hydrogen-bond donors (Lipinski definition) is 2. The molecule has 1 heterocycles. The van der Waals surface area contributed by atoms with Crippen LogP contribution in [0.1, 0.15) is 12.8 Å². The van der Waals surface area contributed by atoms with Gasteiger partial charge < -0.3 is 20.2 Å². The first-order valence-electron chi connectivity index (χ1n) is 6.58. The highest BCUT2D eigenvalue weighted by atomic mass is 19.4. The Kier molecular flexibility index (Phi) is 5.43. The minimum absolute atomic E-state index is 0.217. The fraction of sp³-hybridized carbons (Fsp3) is 0.833. The van der Waals surface area contributed by atoms with Gasteiger partial charge in [-0.15, -0.1) is 0 Å². The maximum absolute atomic E-state index is 13.0. The highest BCUT2D eigenvalue weighted by Gasteiger charge is 2.64. The van der Waals surface area contributed by atoms with Crippen LogP contribution in [0.3, 0.4) is 0 Å². The van der Waals surface area contributed by atoms with Crippen LogP contribution in [-0.2, 0) is 4.79 Å². The van der Waals surface area contributed by atoms with Crippen molar-refractivity contribution < 1.29 is 27.9 Å². The molecule has 1 aliphatic heterocycles. The number of nitrogens with one attached hydrogen (secondary N) is 1. The first-order chi connectivity index (χ1) is 9.60. The topological polar surface area (TPSA) is 72.9 Å². The van der Waals surface area contributed by atoms with Gasteiger partial charge in [0.1, 0.15) is 0 Å². The number of halogens is 3. The lowest BCUT2D eigenvalue weighted by Gasteiger charge is -2.27. The third-order valence-corrected chi connectivity index (χ3v) is 3.57. The predicted molar refractivity (Wildman–Crippen MR) is 68.9 cm³/mol. The zero-order chi connectivity index (χ0) is 16.3. The molecule has 6 nitrogen and oxygen atoms in total. The zero-order valence-corrected chi connectivity index (χ0v) is 12.0. The average Bonchev–Trinajstić information content (AvgIpc) is 2.80. The fourth-order valence-corrected chi connectivity index (χ4v) is 2.21. The van der Waals surface area contributed by atoms with E-state index in [1.807, 2.05) is 19.0 Å². The number of carbonyl (C=O) groups is 2. The third-order valence-electron chi connectivity index (χ3n) is 3.57. The van der Waals surface area contributed by atoms with Gasteiger partial charge in [-0.05, 0) is 33.5 Å². The van der Waals surface area contributed by atoms with E-state index in [0.717, 1.165) is 11.4 Å². The minimum Gasteiger partial charge on any atom is -0.481 e. The summed E-state index contributed by atoms with van der Waals surface area (Å²) in [6.45, 7) is 0.0121. The summed E-state index contributed by atoms with van der Waals surface area (Å²) in [5.41, 5.74) is -2.85. The van der Waals surface area contributed by atoms with Crippen molar-refractivity contribution in [2.45, 2.75) is 19.0 Å². The molecule has 1 aliphatic rings. The van der Waals surface area contributed by atoms with Crippen molar-refractivity contribution in [3.63, 3.8) is 0 Å². The highest BCUT2D eigenvalue weighted by Crippen LogP contribution is 2.45. The SMILES string of the molecule is CN(C)CCCNC(=O)N1CCC(C(=O)O)(C(F)(F)F)C1. The smallest absolute Gasteiger partial charge is 0.406 e. The Bertz CT molecular complexity index is 401. The molecular weight excluding hydrogens is 291 g/mol. The van der Waals surface area contributed by atoms with Gasteiger partial charge in [0.2, 0.25) is 0 Å². The molecule has 1 saturated heterocycles. The fourth-order valence-electron chi connectivity index (χ4n) is 2.21. The van der Waals surface area contributed by atoms with Crippen molar-refractivity contribution in [1.29, 1.82) is 0 Å². The Balaban J connectivity index is 2.56. The van der Waals surface area contributed by atoms with Gasteiger partial charge in [-0.1, -0.05) is 0 Å². The number of aliphatic carboxylic acids is 1. The lowest BCUT2D eigenvalue weighted by atomic mass is 9.86. The van der Waals surface area contributed by atoms with E-state index >= 15 is 0 Å². The Hall–Kier alpha value is -1.51. The number of amides is 2. The first-order valence-corrected chi connectivity index (χ1v) is 6.58. The molecular formula is C12H20F3N3O3. The van der Waals surface area contributed by atoms with E-state index in [9.17, 15) is 22.8 Å². The summed E-state index contributed by atoms with van der Waals surface area (Å²) in [6, 6.07) is -0.652. The molecule has 0 radical (unpaired) electrons. The third kappa shape index (κ3) is 3.99. The molecule has 0 aromatic carbocycles. The molecule has 0 aromatic rings. The molecule has 21 heavy (non-hydrogen) atoms. The normalized spacial score (nSPS) is 22.7. The van der Waals surface area contributed by atoms with Crippen LogP contribution in [0.2, 0.25) is 0 Å². The maximum Gasteiger partial charge on any atom is 0.406 e. The standard InChI is InChI=1S/C12H20F3N3O3/c1-17(2)6-3-5-16-10(21)18-7-4-11(8-18,9(19)20)12(13,14)15/h3-8H2,1-2H3,(H,16,21)(H,19,20). The van der Waals surface area contributed by atoms with Crippen molar-refractivity contribution in [3.8, 4) is 0 Å². The summed E-state index contributed by atoms with van der Waals surface area (Å²) in [7, 11) is 3.74. The second kappa shape index (κ2) is 6.50. The molecule has 2 amide bonds. The molecule has 0 aromatic heterocycles. The second-order valence-electron chi connectivity index (χ2n) is 5.45. The van der Waals surface area contributed by atoms with Crippen molar-refractivity contribution in [1.82, 2.24) is 15.1 Å². The summed E-state index contributed by atoms with van der Waals surface area (Å²) in [5, 5.41) is 11.4. The van der Waals surface area contributed by atoms with E-state index in [1.165, 1.54) is 0 Å². The van der Waals surface area contributed by atoms with Gasteiger partial charge in [-0.3, -0.25) is 4.79 Å². The van der Waals surface area contributed by atoms with Crippen LogP contribution in [0.4, 0.5) is 18.0 Å². The van der Waals surface area contributed by atoms with Crippen molar-refractivity contribution in [3.05, 3.63) is 0 Å². The molecule has 1 unspecified atom stereocenters. The number of urea groups is 1. The van der Waals surface area contributed by atoms with Gasteiger partial charge in [0, 0.05) is 19.6 Å². The number of carbonyl (C=O) groups excluding carboxylic acids is 1. The van der Waals surface area contributed by atoms with E-state index in [0.29, 0.717) is 13.0 Å². The number of nitrogens with zero attached hydrogens (tertiary/aromatic N) is 2. The van der Waals surface area contributed by atoms with Crippen LogP contribution in [0, 0.1) is 5.41 Å². The van der Waals surface area contributed by atoms with Gasteiger partial charge in [0.05, 0.1) is 0 Å². The van der Waals surface area contributed by atoms with Crippen LogP contribution in [0.15, 0.2) is 0 Å². The zero-order valence-electron chi connectivity index (χ0n) is 12.0. The van der Waals surface area contributed by atoms with Crippen molar-refractivity contribution in [2.75, 3.05) is 40.3 Å². The monoisotopic (exact) mass is 311 g/mol. The quantitative estimate of drug-likeness (QED) is 0.743. The number of carboxylic acid groups (broad SMARTS) is 1. The Morgan fingerprint density at radius 3 is 2.43 bits per heavy atom. The second-order valence-corrected chi connectivity index (χ2v) is 5.45. The van der Waals surface area contributed by atoms with Crippen LogP contribution in [0.5, 0.6) is 0 Å². The number of likely N-dealkylation sites (tertiary alicyclic amines) is 1. The van der Waals surface area contributed by atoms with Gasteiger partial charge in [-0.2, -0.15) is 13.2 Å². The molecule has 1 fully saturated rings. The molecule has 0 aliphatic carbocycles. The van der Waals surface area contributed by atoms with Crippen LogP contribution in [-0.4, -0.2) is 73.4 Å². The summed E-state index contributed by atoms with van der Waals surface area (Å²) >= 11 is 0. The van der Waals surface area contributed by atoms with Crippen molar-refractivity contribution in [2.24, 2.45) is 5.41 Å². The minimum atomic E-state index is -4.88. The van der Waals surface area contributed by atoms with Gasteiger partial charge in [-0.25, -0.2) is 4.79 Å². The Labute approximate surface area is 120 Å². The van der Waals surface area contributed by atoms with Gasteiger partial charge in [0.15, 0.2) is 5.41 Å². The van der Waals surface area contributed by atoms with E-state index in [-0.39, 0.29) is 6.54 Å². The summed E-state index contributed by atoms with van der Waals surface area (Å²) in [5.74, 6) is -1.93. The number of alkyl halides is 3. The molecule has 122 valence electrons. The highest BCUT2D eigenvalue weighted by molar-refractivity contribution is 5.80. The first kappa shape index (κ1) is 17.5. The van der Waals surface area contributed by atoms with Crippen molar-refractivity contribution >= 4 is 12.0 Å². The largest absolute Gasteiger partial charge is 0.481 e. The molecule has 2 N–H and O–H groups in total. The maximum atomic E-state index is 13.0. The summed E-state index contributed by atoms with van der Waals surface area (Å²) in [6.07, 6.45) is -4.83.